The molecule has 0 aromatic heterocycles. The summed E-state index contributed by atoms with van der Waals surface area (Å²) in [6.07, 6.45) is 1.25. The van der Waals surface area contributed by atoms with Gasteiger partial charge in [-0.05, 0) is 38.8 Å². The van der Waals surface area contributed by atoms with E-state index in [1.807, 2.05) is 11.0 Å². The second kappa shape index (κ2) is 6.11. The number of anilines is 1. The normalized spacial score (nSPS) is 20.4. The molecule has 0 bridgehead atoms. The first-order valence-electron chi connectivity index (χ1n) is 6.94. The SMILES string of the molecule is CC(C)NS(=O)(=O)c1ccccc1N1CCC[C@H](O)C1. The second-order valence-corrected chi connectivity index (χ2v) is 7.17. The van der Waals surface area contributed by atoms with Crippen molar-refractivity contribution in [1.29, 1.82) is 0 Å². The van der Waals surface area contributed by atoms with Crippen LogP contribution < -0.4 is 9.62 Å². The number of sulfonamides is 1. The minimum Gasteiger partial charge on any atom is -0.391 e. The highest BCUT2D eigenvalue weighted by atomic mass is 32.2. The van der Waals surface area contributed by atoms with Crippen molar-refractivity contribution in [3.05, 3.63) is 24.3 Å². The molecule has 0 unspecified atom stereocenters. The number of rotatable bonds is 4. The van der Waals surface area contributed by atoms with Crippen LogP contribution in [0.25, 0.3) is 0 Å². The van der Waals surface area contributed by atoms with Crippen molar-refractivity contribution in [1.82, 2.24) is 4.72 Å². The molecule has 0 amide bonds. The molecule has 0 saturated carbocycles. The molecule has 1 heterocycles. The van der Waals surface area contributed by atoms with Crippen LogP contribution in [-0.4, -0.2) is 38.8 Å². The Bertz CT molecular complexity index is 557. The number of piperidine rings is 1. The molecule has 2 rings (SSSR count). The highest BCUT2D eigenvalue weighted by Gasteiger charge is 2.25. The van der Waals surface area contributed by atoms with Gasteiger partial charge in [-0.15, -0.1) is 0 Å². The van der Waals surface area contributed by atoms with E-state index in [0.29, 0.717) is 12.2 Å². The van der Waals surface area contributed by atoms with Crippen LogP contribution in [0.15, 0.2) is 29.2 Å². The first kappa shape index (κ1) is 15.3. The fourth-order valence-corrected chi connectivity index (χ4v) is 3.97. The molecule has 6 heteroatoms. The van der Waals surface area contributed by atoms with Crippen LogP contribution in [0.4, 0.5) is 5.69 Å². The third kappa shape index (κ3) is 3.50. The molecular formula is C14H22N2O3S. The van der Waals surface area contributed by atoms with Crippen molar-refractivity contribution < 1.29 is 13.5 Å². The van der Waals surface area contributed by atoms with Gasteiger partial charge in [-0.25, -0.2) is 13.1 Å². The Morgan fingerprint density at radius 1 is 1.35 bits per heavy atom. The summed E-state index contributed by atoms with van der Waals surface area (Å²) in [5, 5.41) is 9.77. The van der Waals surface area contributed by atoms with E-state index < -0.39 is 16.1 Å². The third-order valence-corrected chi connectivity index (χ3v) is 4.99. The zero-order valence-corrected chi connectivity index (χ0v) is 12.7. The van der Waals surface area contributed by atoms with Gasteiger partial charge in [0, 0.05) is 19.1 Å². The summed E-state index contributed by atoms with van der Waals surface area (Å²) >= 11 is 0. The topological polar surface area (TPSA) is 69.6 Å². The maximum Gasteiger partial charge on any atom is 0.242 e. The summed E-state index contributed by atoms with van der Waals surface area (Å²) in [4.78, 5) is 2.23. The maximum absolute atomic E-state index is 12.4. The number of nitrogens with zero attached hydrogens (tertiary/aromatic N) is 1. The van der Waals surface area contributed by atoms with Crippen LogP contribution in [0.3, 0.4) is 0 Å². The summed E-state index contributed by atoms with van der Waals surface area (Å²) in [6, 6.07) is 6.80. The van der Waals surface area contributed by atoms with Gasteiger partial charge in [0.2, 0.25) is 10.0 Å². The van der Waals surface area contributed by atoms with Crippen LogP contribution in [0.2, 0.25) is 0 Å². The Morgan fingerprint density at radius 2 is 2.05 bits per heavy atom. The van der Waals surface area contributed by atoms with Gasteiger partial charge in [0.1, 0.15) is 4.90 Å². The van der Waals surface area contributed by atoms with Gasteiger partial charge in [0.25, 0.3) is 0 Å². The largest absolute Gasteiger partial charge is 0.391 e. The van der Waals surface area contributed by atoms with E-state index in [1.54, 1.807) is 32.0 Å². The van der Waals surface area contributed by atoms with Crippen LogP contribution in [0.5, 0.6) is 0 Å². The Hall–Kier alpha value is -1.11. The minimum atomic E-state index is -3.53. The Balaban J connectivity index is 2.35. The van der Waals surface area contributed by atoms with Gasteiger partial charge in [0.15, 0.2) is 0 Å². The van der Waals surface area contributed by atoms with Crippen molar-refractivity contribution >= 4 is 15.7 Å². The van der Waals surface area contributed by atoms with Gasteiger partial charge < -0.3 is 10.0 Å². The minimum absolute atomic E-state index is 0.153. The molecule has 5 nitrogen and oxygen atoms in total. The number of hydrogen-bond donors (Lipinski definition) is 2. The van der Waals surface area contributed by atoms with E-state index in [9.17, 15) is 13.5 Å². The lowest BCUT2D eigenvalue weighted by atomic mass is 10.1. The van der Waals surface area contributed by atoms with Crippen LogP contribution in [0, 0.1) is 0 Å². The number of aliphatic hydroxyl groups excluding tert-OH is 1. The maximum atomic E-state index is 12.4. The number of hydrogen-bond acceptors (Lipinski definition) is 4. The molecule has 1 aliphatic rings. The van der Waals surface area contributed by atoms with Crippen LogP contribution >= 0.6 is 0 Å². The quantitative estimate of drug-likeness (QED) is 0.880. The number of nitrogens with one attached hydrogen (secondary N) is 1. The average Bonchev–Trinajstić information content (AvgIpc) is 2.37. The van der Waals surface area contributed by atoms with Gasteiger partial charge >= 0.3 is 0 Å². The summed E-state index contributed by atoms with van der Waals surface area (Å²) in [6.45, 7) is 4.84. The van der Waals surface area contributed by atoms with Crippen LogP contribution in [0.1, 0.15) is 26.7 Å². The molecule has 1 aromatic rings. The molecule has 0 spiro atoms. The van der Waals surface area contributed by atoms with E-state index in [0.717, 1.165) is 19.4 Å². The van der Waals surface area contributed by atoms with Gasteiger partial charge in [-0.3, -0.25) is 0 Å². The molecule has 0 radical (unpaired) electrons. The molecule has 112 valence electrons. The number of β-amino-alcohol motifs (C(OH)–C–C–N with tert-alkyl or cyclic N) is 1. The highest BCUT2D eigenvalue weighted by Crippen LogP contribution is 2.27. The molecule has 2 N–H and O–H groups in total. The molecular weight excluding hydrogens is 276 g/mol. The lowest BCUT2D eigenvalue weighted by Gasteiger charge is -2.33. The lowest BCUT2D eigenvalue weighted by molar-refractivity contribution is 0.154. The van der Waals surface area contributed by atoms with E-state index >= 15 is 0 Å². The predicted octanol–water partition coefficient (Wildman–Crippen LogP) is 1.33. The monoisotopic (exact) mass is 298 g/mol. The number of benzene rings is 1. The van der Waals surface area contributed by atoms with Crippen molar-refractivity contribution in [3.8, 4) is 0 Å². The first-order valence-corrected chi connectivity index (χ1v) is 8.43. The lowest BCUT2D eigenvalue weighted by Crippen LogP contribution is -2.40. The highest BCUT2D eigenvalue weighted by molar-refractivity contribution is 7.89. The van der Waals surface area contributed by atoms with E-state index in [1.165, 1.54) is 0 Å². The van der Waals surface area contributed by atoms with Gasteiger partial charge in [0.05, 0.1) is 11.8 Å². The predicted molar refractivity (Wildman–Crippen MR) is 79.4 cm³/mol. The average molecular weight is 298 g/mol. The molecule has 1 aromatic carbocycles. The van der Waals surface area contributed by atoms with Crippen molar-refractivity contribution in [2.45, 2.75) is 43.7 Å². The standard InChI is InChI=1S/C14H22N2O3S/c1-11(2)15-20(18,19)14-8-4-3-7-13(14)16-9-5-6-12(17)10-16/h3-4,7-8,11-12,15,17H,5-6,9-10H2,1-2H3/t12-/m0/s1. The number of aliphatic hydroxyl groups is 1. The fourth-order valence-electron chi connectivity index (χ4n) is 2.49. The zero-order valence-electron chi connectivity index (χ0n) is 11.9. The van der Waals surface area contributed by atoms with Gasteiger partial charge in [-0.1, -0.05) is 12.1 Å². The fraction of sp³-hybridized carbons (Fsp3) is 0.571. The second-order valence-electron chi connectivity index (χ2n) is 5.49. The third-order valence-electron chi connectivity index (χ3n) is 3.28. The molecule has 1 fully saturated rings. The smallest absolute Gasteiger partial charge is 0.242 e. The molecule has 0 aliphatic carbocycles. The molecule has 1 atom stereocenters. The summed E-state index contributed by atoms with van der Waals surface area (Å²) in [5.41, 5.74) is 0.666. The summed E-state index contributed by atoms with van der Waals surface area (Å²) in [7, 11) is -3.53. The zero-order chi connectivity index (χ0) is 14.8. The Labute approximate surface area is 120 Å². The summed E-state index contributed by atoms with van der Waals surface area (Å²) in [5.74, 6) is 0. The Morgan fingerprint density at radius 3 is 2.70 bits per heavy atom. The number of para-hydroxylation sites is 1. The van der Waals surface area contributed by atoms with E-state index in [-0.39, 0.29) is 10.9 Å². The molecule has 20 heavy (non-hydrogen) atoms. The summed E-state index contributed by atoms with van der Waals surface area (Å²) < 4.78 is 27.4. The van der Waals surface area contributed by atoms with E-state index in [2.05, 4.69) is 4.72 Å². The van der Waals surface area contributed by atoms with Crippen molar-refractivity contribution in [3.63, 3.8) is 0 Å². The van der Waals surface area contributed by atoms with E-state index in [4.69, 9.17) is 0 Å². The molecule has 1 saturated heterocycles. The molecule has 1 aliphatic heterocycles. The van der Waals surface area contributed by atoms with Crippen LogP contribution in [-0.2, 0) is 10.0 Å². The van der Waals surface area contributed by atoms with Gasteiger partial charge in [-0.2, -0.15) is 0 Å². The first-order chi connectivity index (χ1) is 9.40. The van der Waals surface area contributed by atoms with Crippen molar-refractivity contribution in [2.75, 3.05) is 18.0 Å². The Kier molecular flexibility index (Phi) is 4.67. The van der Waals surface area contributed by atoms with Crippen molar-refractivity contribution in [2.24, 2.45) is 0 Å².